The van der Waals surface area contributed by atoms with E-state index in [2.05, 4.69) is 5.32 Å². The SMILES string of the molecule is COc1cccc(OCC(=O)NCC(OC)OC)c1. The number of ether oxygens (including phenoxy) is 4. The number of benzene rings is 1. The third-order valence-electron chi connectivity index (χ3n) is 2.40. The Morgan fingerprint density at radius 3 is 2.53 bits per heavy atom. The summed E-state index contributed by atoms with van der Waals surface area (Å²) in [6.45, 7) is 0.195. The van der Waals surface area contributed by atoms with Gasteiger partial charge in [0.05, 0.1) is 13.7 Å². The normalized spacial score (nSPS) is 10.3. The van der Waals surface area contributed by atoms with Gasteiger partial charge in [-0.2, -0.15) is 0 Å². The summed E-state index contributed by atoms with van der Waals surface area (Å²) in [5.74, 6) is 1.00. The van der Waals surface area contributed by atoms with Crippen LogP contribution in [0.5, 0.6) is 11.5 Å². The minimum Gasteiger partial charge on any atom is -0.497 e. The Morgan fingerprint density at radius 2 is 1.89 bits per heavy atom. The van der Waals surface area contributed by atoms with E-state index >= 15 is 0 Å². The lowest BCUT2D eigenvalue weighted by atomic mass is 10.3. The highest BCUT2D eigenvalue weighted by Gasteiger charge is 2.08. The van der Waals surface area contributed by atoms with Crippen molar-refractivity contribution in [2.45, 2.75) is 6.29 Å². The van der Waals surface area contributed by atoms with Gasteiger partial charge in [0.15, 0.2) is 12.9 Å². The summed E-state index contributed by atoms with van der Waals surface area (Å²) < 4.78 is 20.3. The van der Waals surface area contributed by atoms with E-state index in [1.54, 1.807) is 31.4 Å². The topological polar surface area (TPSA) is 66.0 Å². The summed E-state index contributed by atoms with van der Waals surface area (Å²) in [4.78, 5) is 11.5. The molecular weight excluding hydrogens is 250 g/mol. The summed E-state index contributed by atoms with van der Waals surface area (Å²) >= 11 is 0. The Balaban J connectivity index is 2.33. The van der Waals surface area contributed by atoms with E-state index < -0.39 is 6.29 Å². The molecule has 6 nitrogen and oxygen atoms in total. The van der Waals surface area contributed by atoms with Gasteiger partial charge in [0, 0.05) is 20.3 Å². The lowest BCUT2D eigenvalue weighted by Gasteiger charge is -2.14. The van der Waals surface area contributed by atoms with Crippen molar-refractivity contribution in [3.8, 4) is 11.5 Å². The first-order valence-electron chi connectivity index (χ1n) is 5.78. The quantitative estimate of drug-likeness (QED) is 0.707. The van der Waals surface area contributed by atoms with Crippen molar-refractivity contribution in [1.29, 1.82) is 0 Å². The average Bonchev–Trinajstić information content (AvgIpc) is 2.46. The Morgan fingerprint density at radius 1 is 1.21 bits per heavy atom. The van der Waals surface area contributed by atoms with Crippen molar-refractivity contribution in [3.63, 3.8) is 0 Å². The highest BCUT2D eigenvalue weighted by Crippen LogP contribution is 2.18. The van der Waals surface area contributed by atoms with Crippen molar-refractivity contribution in [3.05, 3.63) is 24.3 Å². The van der Waals surface area contributed by atoms with Crippen LogP contribution in [0.1, 0.15) is 0 Å². The van der Waals surface area contributed by atoms with Crippen LogP contribution in [0.15, 0.2) is 24.3 Å². The van der Waals surface area contributed by atoms with Crippen LogP contribution in [0.3, 0.4) is 0 Å². The van der Waals surface area contributed by atoms with Crippen LogP contribution < -0.4 is 14.8 Å². The highest BCUT2D eigenvalue weighted by molar-refractivity contribution is 5.77. The van der Waals surface area contributed by atoms with Crippen LogP contribution in [0.25, 0.3) is 0 Å². The fourth-order valence-corrected chi connectivity index (χ4v) is 1.35. The smallest absolute Gasteiger partial charge is 0.258 e. The maximum absolute atomic E-state index is 11.5. The maximum Gasteiger partial charge on any atom is 0.258 e. The molecule has 0 atom stereocenters. The molecule has 1 N–H and O–H groups in total. The number of carbonyl (C=O) groups excluding carboxylic acids is 1. The standard InChI is InChI=1S/C13H19NO5/c1-16-10-5-4-6-11(7-10)19-9-12(15)14-8-13(17-2)18-3/h4-7,13H,8-9H2,1-3H3,(H,14,15). The van der Waals surface area contributed by atoms with Gasteiger partial charge in [-0.3, -0.25) is 4.79 Å². The molecule has 0 spiro atoms. The van der Waals surface area contributed by atoms with E-state index in [1.807, 2.05) is 0 Å². The van der Waals surface area contributed by atoms with Crippen LogP contribution in [0.4, 0.5) is 0 Å². The third kappa shape index (κ3) is 5.58. The van der Waals surface area contributed by atoms with Crippen LogP contribution in [0.2, 0.25) is 0 Å². The zero-order valence-electron chi connectivity index (χ0n) is 11.3. The molecule has 1 amide bonds. The van der Waals surface area contributed by atoms with Crippen molar-refractivity contribution >= 4 is 5.91 Å². The molecule has 1 aromatic rings. The van der Waals surface area contributed by atoms with E-state index in [0.29, 0.717) is 11.5 Å². The van der Waals surface area contributed by atoms with Gasteiger partial charge in [0.1, 0.15) is 11.5 Å². The van der Waals surface area contributed by atoms with Gasteiger partial charge in [-0.1, -0.05) is 6.07 Å². The first kappa shape index (κ1) is 15.3. The van der Waals surface area contributed by atoms with Crippen LogP contribution in [-0.2, 0) is 14.3 Å². The molecule has 0 heterocycles. The van der Waals surface area contributed by atoms with Crippen molar-refractivity contribution < 1.29 is 23.7 Å². The zero-order valence-corrected chi connectivity index (χ0v) is 11.3. The summed E-state index contributed by atoms with van der Waals surface area (Å²) in [6, 6.07) is 7.05. The van der Waals surface area contributed by atoms with Gasteiger partial charge < -0.3 is 24.3 Å². The number of hydrogen-bond donors (Lipinski definition) is 1. The van der Waals surface area contributed by atoms with Crippen molar-refractivity contribution in [1.82, 2.24) is 5.32 Å². The second-order valence-corrected chi connectivity index (χ2v) is 3.67. The lowest BCUT2D eigenvalue weighted by molar-refractivity contribution is -0.129. The van der Waals surface area contributed by atoms with Gasteiger partial charge in [-0.25, -0.2) is 0 Å². The predicted molar refractivity (Wildman–Crippen MR) is 69.3 cm³/mol. The number of carbonyl (C=O) groups is 1. The molecule has 0 aliphatic carbocycles. The Bertz CT molecular complexity index is 392. The van der Waals surface area contributed by atoms with Gasteiger partial charge in [-0.15, -0.1) is 0 Å². The number of amides is 1. The van der Waals surface area contributed by atoms with Gasteiger partial charge in [-0.05, 0) is 12.1 Å². The fraction of sp³-hybridized carbons (Fsp3) is 0.462. The van der Waals surface area contributed by atoms with E-state index in [4.69, 9.17) is 18.9 Å². The minimum atomic E-state index is -0.458. The van der Waals surface area contributed by atoms with E-state index in [9.17, 15) is 4.79 Å². The van der Waals surface area contributed by atoms with Crippen LogP contribution >= 0.6 is 0 Å². The molecule has 0 saturated carbocycles. The number of rotatable bonds is 8. The molecule has 0 aromatic heterocycles. The van der Waals surface area contributed by atoms with Gasteiger partial charge in [0.2, 0.25) is 0 Å². The second kappa shape index (κ2) is 8.34. The summed E-state index contributed by atoms with van der Waals surface area (Å²) in [5.41, 5.74) is 0. The molecule has 106 valence electrons. The highest BCUT2D eigenvalue weighted by atomic mass is 16.7. The Hall–Kier alpha value is -1.79. The molecule has 1 aromatic carbocycles. The number of nitrogens with one attached hydrogen (secondary N) is 1. The largest absolute Gasteiger partial charge is 0.497 e. The summed E-state index contributed by atoms with van der Waals surface area (Å²) in [7, 11) is 4.58. The first-order valence-corrected chi connectivity index (χ1v) is 5.78. The molecule has 0 unspecified atom stereocenters. The monoisotopic (exact) mass is 269 g/mol. The average molecular weight is 269 g/mol. The predicted octanol–water partition coefficient (Wildman–Crippen LogP) is 0.809. The molecular formula is C13H19NO5. The lowest BCUT2D eigenvalue weighted by Crippen LogP contribution is -2.36. The molecule has 0 radical (unpaired) electrons. The molecule has 0 aliphatic heterocycles. The number of hydrogen-bond acceptors (Lipinski definition) is 5. The molecule has 1 rings (SSSR count). The van der Waals surface area contributed by atoms with Crippen molar-refractivity contribution in [2.75, 3.05) is 34.5 Å². The molecule has 0 fully saturated rings. The van der Waals surface area contributed by atoms with Gasteiger partial charge in [0.25, 0.3) is 5.91 Å². The van der Waals surface area contributed by atoms with E-state index in [0.717, 1.165) is 0 Å². The Labute approximate surface area is 112 Å². The van der Waals surface area contributed by atoms with Crippen molar-refractivity contribution in [2.24, 2.45) is 0 Å². The second-order valence-electron chi connectivity index (χ2n) is 3.67. The minimum absolute atomic E-state index is 0.0761. The third-order valence-corrected chi connectivity index (χ3v) is 2.40. The molecule has 0 aliphatic rings. The Kier molecular flexibility index (Phi) is 6.70. The van der Waals surface area contributed by atoms with Gasteiger partial charge >= 0.3 is 0 Å². The maximum atomic E-state index is 11.5. The fourth-order valence-electron chi connectivity index (χ4n) is 1.35. The van der Waals surface area contributed by atoms with E-state index in [1.165, 1.54) is 14.2 Å². The molecule has 19 heavy (non-hydrogen) atoms. The molecule has 0 bridgehead atoms. The van der Waals surface area contributed by atoms with E-state index in [-0.39, 0.29) is 19.1 Å². The summed E-state index contributed by atoms with van der Waals surface area (Å²) in [6.07, 6.45) is -0.458. The summed E-state index contributed by atoms with van der Waals surface area (Å²) in [5, 5.41) is 2.64. The first-order chi connectivity index (χ1) is 9.19. The molecule has 6 heteroatoms. The zero-order chi connectivity index (χ0) is 14.1. The van der Waals surface area contributed by atoms with Crippen LogP contribution in [-0.4, -0.2) is 46.7 Å². The molecule has 0 saturated heterocycles. The van der Waals surface area contributed by atoms with Crippen LogP contribution in [0, 0.1) is 0 Å². The number of methoxy groups -OCH3 is 3.